The summed E-state index contributed by atoms with van der Waals surface area (Å²) < 4.78 is 32.0. The number of aromatic nitrogens is 1. The summed E-state index contributed by atoms with van der Waals surface area (Å²) in [5.74, 6) is -2.30. The van der Waals surface area contributed by atoms with Crippen molar-refractivity contribution in [3.05, 3.63) is 41.6 Å². The smallest absolute Gasteiger partial charge is 0.307 e. The van der Waals surface area contributed by atoms with Gasteiger partial charge < -0.3 is 14.9 Å². The van der Waals surface area contributed by atoms with Crippen molar-refractivity contribution >= 4 is 23.6 Å². The number of hydrogen-bond donors (Lipinski definition) is 2. The highest BCUT2D eigenvalue weighted by molar-refractivity contribution is 8.01. The average molecular weight is 423 g/mol. The van der Waals surface area contributed by atoms with Gasteiger partial charge in [0, 0.05) is 30.5 Å². The molecular weight excluding hydrogens is 404 g/mol. The van der Waals surface area contributed by atoms with Crippen molar-refractivity contribution in [1.82, 2.24) is 15.4 Å². The summed E-state index contributed by atoms with van der Waals surface area (Å²) in [5.41, 5.74) is 0.0129. The van der Waals surface area contributed by atoms with E-state index in [1.807, 2.05) is 0 Å². The molecule has 0 bridgehead atoms. The van der Waals surface area contributed by atoms with Crippen molar-refractivity contribution in [2.75, 3.05) is 18.8 Å². The summed E-state index contributed by atoms with van der Waals surface area (Å²) in [6, 6.07) is 4.42. The van der Waals surface area contributed by atoms with Gasteiger partial charge in [0.15, 0.2) is 11.5 Å². The Labute approximate surface area is 169 Å². The summed E-state index contributed by atoms with van der Waals surface area (Å²) in [6.07, 6.45) is 1.49. The molecule has 10 heteroatoms. The fourth-order valence-corrected chi connectivity index (χ4v) is 4.75. The number of halogens is 2. The van der Waals surface area contributed by atoms with E-state index in [1.165, 1.54) is 12.1 Å². The molecule has 0 aliphatic carbocycles. The second-order valence-electron chi connectivity index (χ2n) is 7.17. The Balaban J connectivity index is 1.40. The van der Waals surface area contributed by atoms with Crippen LogP contribution in [0.2, 0.25) is 0 Å². The third kappa shape index (κ3) is 4.13. The molecule has 2 aromatic rings. The SMILES string of the molecule is O=C(N[C@H]1SC[C@@H]1N1CCCC(C(=O)O)C1)c1cc(-c2ccc(F)cc2F)on1. The summed E-state index contributed by atoms with van der Waals surface area (Å²) >= 11 is 1.57. The number of aliphatic carboxylic acids is 1. The average Bonchev–Trinajstić information content (AvgIpc) is 3.15. The molecule has 4 rings (SSSR count). The fourth-order valence-electron chi connectivity index (χ4n) is 3.62. The highest BCUT2D eigenvalue weighted by Gasteiger charge is 2.40. The molecule has 2 aliphatic heterocycles. The van der Waals surface area contributed by atoms with Gasteiger partial charge in [-0.1, -0.05) is 5.16 Å². The molecule has 2 N–H and O–H groups in total. The number of carbonyl (C=O) groups excluding carboxylic acids is 1. The van der Waals surface area contributed by atoms with Crippen LogP contribution in [0.4, 0.5) is 8.78 Å². The lowest BCUT2D eigenvalue weighted by molar-refractivity contribution is -0.143. The third-order valence-corrected chi connectivity index (χ3v) is 6.60. The maximum Gasteiger partial charge on any atom is 0.307 e. The number of carboxylic acids is 1. The minimum atomic E-state index is -0.805. The highest BCUT2D eigenvalue weighted by atomic mass is 32.2. The molecule has 0 spiro atoms. The lowest BCUT2D eigenvalue weighted by atomic mass is 9.97. The van der Waals surface area contributed by atoms with Crippen LogP contribution in [0, 0.1) is 17.6 Å². The van der Waals surface area contributed by atoms with E-state index < -0.39 is 23.5 Å². The number of likely N-dealkylation sites (tertiary alicyclic amines) is 1. The first-order chi connectivity index (χ1) is 13.9. The molecule has 1 aromatic carbocycles. The van der Waals surface area contributed by atoms with Crippen LogP contribution in [0.15, 0.2) is 28.8 Å². The Hall–Kier alpha value is -2.46. The number of benzene rings is 1. The molecule has 2 aliphatic rings. The van der Waals surface area contributed by atoms with Crippen molar-refractivity contribution in [2.45, 2.75) is 24.3 Å². The molecule has 1 unspecified atom stereocenters. The minimum absolute atomic E-state index is 0.00275. The molecule has 2 fully saturated rings. The van der Waals surface area contributed by atoms with E-state index >= 15 is 0 Å². The fraction of sp³-hybridized carbons (Fsp3) is 0.421. The van der Waals surface area contributed by atoms with E-state index in [4.69, 9.17) is 4.52 Å². The molecule has 154 valence electrons. The van der Waals surface area contributed by atoms with Gasteiger partial charge in [0.2, 0.25) is 0 Å². The van der Waals surface area contributed by atoms with Gasteiger partial charge in [0.05, 0.1) is 16.9 Å². The third-order valence-electron chi connectivity index (χ3n) is 5.28. The molecule has 2 saturated heterocycles. The van der Waals surface area contributed by atoms with E-state index in [2.05, 4.69) is 15.4 Å². The predicted octanol–water partition coefficient (Wildman–Crippen LogP) is 2.59. The number of nitrogens with one attached hydrogen (secondary N) is 1. The van der Waals surface area contributed by atoms with Crippen LogP contribution >= 0.6 is 11.8 Å². The van der Waals surface area contributed by atoms with Crippen LogP contribution in [0.25, 0.3) is 11.3 Å². The number of nitrogens with zero attached hydrogens (tertiary/aromatic N) is 2. The highest BCUT2D eigenvalue weighted by Crippen LogP contribution is 2.34. The number of rotatable bonds is 5. The first kappa shape index (κ1) is 19.8. The normalized spacial score (nSPS) is 24.7. The summed E-state index contributed by atoms with van der Waals surface area (Å²) in [6.45, 7) is 1.28. The van der Waals surface area contributed by atoms with Crippen LogP contribution in [0.3, 0.4) is 0 Å². The first-order valence-electron chi connectivity index (χ1n) is 9.24. The largest absolute Gasteiger partial charge is 0.481 e. The van der Waals surface area contributed by atoms with Gasteiger partial charge in [-0.2, -0.15) is 0 Å². The van der Waals surface area contributed by atoms with Gasteiger partial charge in [-0.25, -0.2) is 8.78 Å². The Kier molecular flexibility index (Phi) is 5.55. The molecule has 0 saturated carbocycles. The van der Waals surface area contributed by atoms with Crippen molar-refractivity contribution < 1.29 is 28.0 Å². The second-order valence-corrected chi connectivity index (χ2v) is 8.34. The number of hydrogen-bond acceptors (Lipinski definition) is 6. The zero-order valence-corrected chi connectivity index (χ0v) is 16.1. The van der Waals surface area contributed by atoms with Crippen molar-refractivity contribution in [2.24, 2.45) is 5.92 Å². The van der Waals surface area contributed by atoms with Crippen molar-refractivity contribution in [1.29, 1.82) is 0 Å². The van der Waals surface area contributed by atoms with E-state index in [0.29, 0.717) is 13.0 Å². The molecule has 1 amide bonds. The van der Waals surface area contributed by atoms with Gasteiger partial charge in [-0.05, 0) is 31.5 Å². The molecule has 29 heavy (non-hydrogen) atoms. The Morgan fingerprint density at radius 2 is 2.14 bits per heavy atom. The number of carboxylic acid groups (broad SMARTS) is 1. The topological polar surface area (TPSA) is 95.7 Å². The number of piperidine rings is 1. The van der Waals surface area contributed by atoms with Gasteiger partial charge in [-0.3, -0.25) is 14.5 Å². The number of amides is 1. The lowest BCUT2D eigenvalue weighted by Crippen LogP contribution is -2.60. The molecule has 3 heterocycles. The molecule has 3 atom stereocenters. The van der Waals surface area contributed by atoms with Gasteiger partial charge in [-0.15, -0.1) is 11.8 Å². The van der Waals surface area contributed by atoms with Gasteiger partial charge >= 0.3 is 5.97 Å². The van der Waals surface area contributed by atoms with Crippen molar-refractivity contribution in [3.63, 3.8) is 0 Å². The summed E-state index contributed by atoms with van der Waals surface area (Å²) in [7, 11) is 0. The number of carbonyl (C=O) groups is 2. The van der Waals surface area contributed by atoms with Crippen LogP contribution in [0.5, 0.6) is 0 Å². The second kappa shape index (κ2) is 8.11. The predicted molar refractivity (Wildman–Crippen MR) is 101 cm³/mol. The van der Waals surface area contributed by atoms with E-state index in [9.17, 15) is 23.5 Å². The summed E-state index contributed by atoms with van der Waals surface area (Å²) in [4.78, 5) is 25.9. The molecular formula is C19H19F2N3O4S. The molecule has 7 nitrogen and oxygen atoms in total. The van der Waals surface area contributed by atoms with Gasteiger partial charge in [0.25, 0.3) is 5.91 Å². The maximum atomic E-state index is 13.9. The van der Waals surface area contributed by atoms with Crippen LogP contribution in [-0.2, 0) is 4.79 Å². The zero-order chi connectivity index (χ0) is 20.5. The zero-order valence-electron chi connectivity index (χ0n) is 15.3. The minimum Gasteiger partial charge on any atom is -0.481 e. The molecule has 0 radical (unpaired) electrons. The van der Waals surface area contributed by atoms with Crippen LogP contribution < -0.4 is 5.32 Å². The summed E-state index contributed by atoms with van der Waals surface area (Å²) in [5, 5.41) is 15.6. The van der Waals surface area contributed by atoms with E-state index in [-0.39, 0.29) is 34.4 Å². The number of thioether (sulfide) groups is 1. The van der Waals surface area contributed by atoms with E-state index in [1.54, 1.807) is 11.8 Å². The lowest BCUT2D eigenvalue weighted by Gasteiger charge is -2.46. The Bertz CT molecular complexity index is 938. The van der Waals surface area contributed by atoms with Crippen LogP contribution in [-0.4, -0.2) is 57.3 Å². The monoisotopic (exact) mass is 423 g/mol. The maximum absolute atomic E-state index is 13.9. The first-order valence-corrected chi connectivity index (χ1v) is 10.3. The Morgan fingerprint density at radius 1 is 1.31 bits per heavy atom. The van der Waals surface area contributed by atoms with E-state index in [0.717, 1.165) is 30.9 Å². The Morgan fingerprint density at radius 3 is 2.83 bits per heavy atom. The van der Waals surface area contributed by atoms with Gasteiger partial charge in [0.1, 0.15) is 11.6 Å². The molecule has 1 aromatic heterocycles. The van der Waals surface area contributed by atoms with Crippen LogP contribution in [0.1, 0.15) is 23.3 Å². The quantitative estimate of drug-likeness (QED) is 0.763. The van der Waals surface area contributed by atoms with Crippen molar-refractivity contribution in [3.8, 4) is 11.3 Å². The standard InChI is InChI=1S/C19H19F2N3O4S/c20-11-3-4-12(13(21)6-11)16-7-14(23-28-16)17(25)22-18-15(9-29-18)24-5-1-2-10(8-24)19(26)27/h3-4,6-7,10,15,18H,1-2,5,8-9H2,(H,22,25)(H,26,27)/t10?,15-,18-/m0/s1.